The Bertz CT molecular complexity index is 1840. The van der Waals surface area contributed by atoms with Crippen molar-refractivity contribution in [3.8, 4) is 17.2 Å². The number of halogens is 3. The number of nitrogens with one attached hydrogen (secondary N) is 1. The zero-order valence-corrected chi connectivity index (χ0v) is 22.6. The molecule has 0 fully saturated rings. The van der Waals surface area contributed by atoms with Crippen molar-refractivity contribution in [2.75, 3.05) is 0 Å². The summed E-state index contributed by atoms with van der Waals surface area (Å²) in [6.07, 6.45) is 3.41. The number of benzene rings is 3. The van der Waals surface area contributed by atoms with Crippen LogP contribution in [0.4, 0.5) is 0 Å². The van der Waals surface area contributed by atoms with E-state index in [0.717, 1.165) is 11.1 Å². The van der Waals surface area contributed by atoms with Crippen molar-refractivity contribution in [3.05, 3.63) is 98.7 Å². The first-order valence-electron chi connectivity index (χ1n) is 11.7. The number of pyridine rings is 1. The van der Waals surface area contributed by atoms with E-state index in [0.29, 0.717) is 38.0 Å². The molecule has 0 saturated heterocycles. The van der Waals surface area contributed by atoms with Gasteiger partial charge in [0.2, 0.25) is 0 Å². The van der Waals surface area contributed by atoms with Gasteiger partial charge in [-0.15, -0.1) is 0 Å². The van der Waals surface area contributed by atoms with Crippen LogP contribution in [0.1, 0.15) is 21.5 Å². The Labute approximate surface area is 238 Å². The number of aliphatic carboxylic acids is 1. The molecule has 5 rings (SSSR count). The molecule has 0 aliphatic carbocycles. The lowest BCUT2D eigenvalue weighted by Gasteiger charge is -2.18. The highest BCUT2D eigenvalue weighted by Crippen LogP contribution is 2.36. The predicted octanol–water partition coefficient (Wildman–Crippen LogP) is 6.65. The Balaban J connectivity index is 1.50. The SMILES string of the molecule is Cn1ccc2c(Cl)c(C(=O)N[C@@H](Cc3ccc(-c4ccc(C#N)cc4Cl)c4ncccc34)C(=O)O)c(Cl)cc21. The van der Waals surface area contributed by atoms with Gasteiger partial charge in [-0.2, -0.15) is 5.26 Å². The third-order valence-electron chi connectivity index (χ3n) is 6.58. The van der Waals surface area contributed by atoms with E-state index >= 15 is 0 Å². The van der Waals surface area contributed by atoms with Gasteiger partial charge in [-0.25, -0.2) is 4.79 Å². The van der Waals surface area contributed by atoms with E-state index in [4.69, 9.17) is 40.1 Å². The first-order valence-corrected chi connectivity index (χ1v) is 12.9. The molecular formula is C29H19Cl3N4O3. The molecule has 2 aromatic heterocycles. The minimum absolute atomic E-state index is 0.0145. The highest BCUT2D eigenvalue weighted by molar-refractivity contribution is 6.43. The molecule has 7 nitrogen and oxygen atoms in total. The molecule has 5 aromatic rings. The smallest absolute Gasteiger partial charge is 0.326 e. The fraction of sp³-hybridized carbons (Fsp3) is 0.103. The monoisotopic (exact) mass is 576 g/mol. The van der Waals surface area contributed by atoms with Gasteiger partial charge in [0.25, 0.3) is 5.91 Å². The average molecular weight is 578 g/mol. The van der Waals surface area contributed by atoms with Crippen molar-refractivity contribution in [3.63, 3.8) is 0 Å². The fourth-order valence-corrected chi connectivity index (χ4v) is 5.59. The molecule has 3 aromatic carbocycles. The number of rotatable bonds is 6. The van der Waals surface area contributed by atoms with Crippen molar-refractivity contribution in [1.29, 1.82) is 5.26 Å². The summed E-state index contributed by atoms with van der Waals surface area (Å²) in [5, 5.41) is 23.7. The molecule has 0 saturated carbocycles. The summed E-state index contributed by atoms with van der Waals surface area (Å²) in [4.78, 5) is 30.0. The number of aromatic nitrogens is 2. The van der Waals surface area contributed by atoms with Crippen LogP contribution in [0.25, 0.3) is 32.9 Å². The first kappa shape index (κ1) is 26.5. The fourth-order valence-electron chi connectivity index (χ4n) is 4.63. The van der Waals surface area contributed by atoms with Gasteiger partial charge in [-0.05, 0) is 35.9 Å². The average Bonchev–Trinajstić information content (AvgIpc) is 3.28. The van der Waals surface area contributed by atoms with Crippen LogP contribution in [-0.4, -0.2) is 32.6 Å². The number of amides is 1. The Morgan fingerprint density at radius 2 is 1.82 bits per heavy atom. The third-order valence-corrected chi connectivity index (χ3v) is 7.59. The molecule has 1 amide bonds. The number of aryl methyl sites for hydroxylation is 1. The topological polar surface area (TPSA) is 108 Å². The molecule has 0 unspecified atom stereocenters. The lowest BCUT2D eigenvalue weighted by atomic mass is 9.94. The number of carboxylic acids is 1. The first-order chi connectivity index (χ1) is 18.7. The lowest BCUT2D eigenvalue weighted by molar-refractivity contribution is -0.139. The standard InChI is InChI=1S/C29H19Cl3N4O3/c1-36-10-8-20-24(36)13-22(31)25(26(20)32)28(37)35-23(29(38)39)12-16-5-7-19(27-17(16)3-2-9-34-27)18-6-4-15(14-33)11-21(18)30/h2-11,13,23H,12H2,1H3,(H,35,37)(H,38,39)/t23-/m0/s1. The zero-order valence-electron chi connectivity index (χ0n) is 20.4. The van der Waals surface area contributed by atoms with Gasteiger partial charge >= 0.3 is 5.97 Å². The second kappa shape index (κ2) is 10.6. The normalized spacial score (nSPS) is 11.9. The van der Waals surface area contributed by atoms with Gasteiger partial charge in [-0.3, -0.25) is 9.78 Å². The maximum Gasteiger partial charge on any atom is 0.326 e. The maximum atomic E-state index is 13.2. The van der Waals surface area contributed by atoms with Crippen molar-refractivity contribution < 1.29 is 14.7 Å². The van der Waals surface area contributed by atoms with Gasteiger partial charge in [0.05, 0.1) is 38.3 Å². The Hall–Kier alpha value is -4.09. The number of carboxylic acid groups (broad SMARTS) is 1. The second-order valence-electron chi connectivity index (χ2n) is 8.95. The highest BCUT2D eigenvalue weighted by atomic mass is 35.5. The molecule has 39 heavy (non-hydrogen) atoms. The number of fused-ring (bicyclic) bond motifs is 2. The maximum absolute atomic E-state index is 13.2. The number of hydrogen-bond donors (Lipinski definition) is 2. The predicted molar refractivity (Wildman–Crippen MR) is 152 cm³/mol. The van der Waals surface area contributed by atoms with Crippen LogP contribution in [0.15, 0.2) is 67.0 Å². The number of carbonyl (C=O) groups excluding carboxylic acids is 1. The molecule has 2 N–H and O–H groups in total. The highest BCUT2D eigenvalue weighted by Gasteiger charge is 2.26. The molecule has 0 bridgehead atoms. The largest absolute Gasteiger partial charge is 0.480 e. The summed E-state index contributed by atoms with van der Waals surface area (Å²) in [6.45, 7) is 0. The van der Waals surface area contributed by atoms with Crippen LogP contribution in [0, 0.1) is 11.3 Å². The number of hydrogen-bond acceptors (Lipinski definition) is 4. The summed E-state index contributed by atoms with van der Waals surface area (Å²) in [6, 6.07) is 16.3. The molecule has 1 atom stereocenters. The number of nitrogens with zero attached hydrogens (tertiary/aromatic N) is 3. The third kappa shape index (κ3) is 4.90. The number of carbonyl (C=O) groups is 2. The quantitative estimate of drug-likeness (QED) is 0.235. The second-order valence-corrected chi connectivity index (χ2v) is 10.1. The van der Waals surface area contributed by atoms with Crippen molar-refractivity contribution in [1.82, 2.24) is 14.9 Å². The van der Waals surface area contributed by atoms with E-state index in [-0.39, 0.29) is 22.0 Å². The van der Waals surface area contributed by atoms with E-state index < -0.39 is 17.9 Å². The summed E-state index contributed by atoms with van der Waals surface area (Å²) in [5.74, 6) is -1.90. The molecule has 194 valence electrons. The van der Waals surface area contributed by atoms with E-state index in [1.165, 1.54) is 0 Å². The minimum atomic E-state index is -1.27. The van der Waals surface area contributed by atoms with E-state index in [1.54, 1.807) is 60.9 Å². The molecule has 10 heteroatoms. The van der Waals surface area contributed by atoms with Crippen molar-refractivity contribution in [2.24, 2.45) is 7.05 Å². The van der Waals surface area contributed by atoms with Crippen molar-refractivity contribution >= 4 is 68.5 Å². The summed E-state index contributed by atoms with van der Waals surface area (Å²) in [7, 11) is 1.83. The van der Waals surface area contributed by atoms with E-state index in [2.05, 4.69) is 16.4 Å². The van der Waals surface area contributed by atoms with Crippen molar-refractivity contribution in [2.45, 2.75) is 12.5 Å². The Morgan fingerprint density at radius 3 is 2.54 bits per heavy atom. The number of nitriles is 1. The van der Waals surface area contributed by atoms with Gasteiger partial charge < -0.3 is 15.0 Å². The van der Waals surface area contributed by atoms with Crippen LogP contribution < -0.4 is 5.32 Å². The minimum Gasteiger partial charge on any atom is -0.480 e. The van der Waals surface area contributed by atoms with E-state index in [9.17, 15) is 14.7 Å². The Morgan fingerprint density at radius 1 is 1.05 bits per heavy atom. The van der Waals surface area contributed by atoms with Gasteiger partial charge in [0.1, 0.15) is 6.04 Å². The van der Waals surface area contributed by atoms with Gasteiger partial charge in [0, 0.05) is 52.8 Å². The van der Waals surface area contributed by atoms with Gasteiger partial charge in [-0.1, -0.05) is 59.1 Å². The van der Waals surface area contributed by atoms with Crippen LogP contribution >= 0.6 is 34.8 Å². The molecule has 2 heterocycles. The molecular weight excluding hydrogens is 559 g/mol. The molecule has 0 aliphatic heterocycles. The molecule has 0 aliphatic rings. The Kier molecular flexibility index (Phi) is 7.19. The van der Waals surface area contributed by atoms with E-state index in [1.807, 2.05) is 17.7 Å². The molecule has 0 spiro atoms. The van der Waals surface area contributed by atoms with Crippen LogP contribution in [0.5, 0.6) is 0 Å². The lowest BCUT2D eigenvalue weighted by Crippen LogP contribution is -2.42. The summed E-state index contributed by atoms with van der Waals surface area (Å²) >= 11 is 19.4. The summed E-state index contributed by atoms with van der Waals surface area (Å²) < 4.78 is 1.82. The van der Waals surface area contributed by atoms with Crippen LogP contribution in [-0.2, 0) is 18.3 Å². The summed E-state index contributed by atoms with van der Waals surface area (Å²) in [5.41, 5.74) is 3.89. The molecule has 0 radical (unpaired) electrons. The van der Waals surface area contributed by atoms with Crippen LogP contribution in [0.2, 0.25) is 15.1 Å². The zero-order chi connectivity index (χ0) is 27.8. The van der Waals surface area contributed by atoms with Crippen LogP contribution in [0.3, 0.4) is 0 Å². The van der Waals surface area contributed by atoms with Gasteiger partial charge in [0.15, 0.2) is 0 Å².